The van der Waals surface area contributed by atoms with Crippen LogP contribution < -0.4 is 16.0 Å². The fraction of sp³-hybridized carbons (Fsp3) is 0.250. The molecule has 0 aliphatic heterocycles. The first-order valence-electron chi connectivity index (χ1n) is 8.67. The Balaban J connectivity index is 1.83. The maximum atomic E-state index is 12.1. The molecule has 7 nitrogen and oxygen atoms in total. The number of anilines is 1. The molecule has 27 heavy (non-hydrogen) atoms. The van der Waals surface area contributed by atoms with Crippen LogP contribution >= 0.6 is 0 Å². The fourth-order valence-corrected chi connectivity index (χ4v) is 2.39. The third-order valence-corrected chi connectivity index (χ3v) is 3.64. The van der Waals surface area contributed by atoms with Crippen LogP contribution in [0.5, 0.6) is 0 Å². The lowest BCUT2D eigenvalue weighted by molar-refractivity contribution is -0.141. The van der Waals surface area contributed by atoms with Gasteiger partial charge in [-0.15, -0.1) is 0 Å². The maximum absolute atomic E-state index is 12.1. The van der Waals surface area contributed by atoms with E-state index in [4.69, 9.17) is 4.74 Å². The normalized spacial score (nSPS) is 9.96. The quantitative estimate of drug-likeness (QED) is 0.621. The van der Waals surface area contributed by atoms with E-state index in [0.717, 1.165) is 11.1 Å². The first kappa shape index (κ1) is 20.0. The van der Waals surface area contributed by atoms with E-state index in [1.165, 1.54) is 0 Å². The Morgan fingerprint density at radius 1 is 0.889 bits per heavy atom. The lowest BCUT2D eigenvalue weighted by atomic mass is 10.0. The molecule has 0 saturated carbocycles. The molecule has 0 atom stereocenters. The van der Waals surface area contributed by atoms with Gasteiger partial charge in [-0.25, -0.2) is 4.79 Å². The summed E-state index contributed by atoms with van der Waals surface area (Å²) in [5, 5.41) is 7.52. The number of urea groups is 1. The number of ether oxygens (including phenoxy) is 1. The molecule has 142 valence electrons. The zero-order valence-electron chi connectivity index (χ0n) is 15.2. The molecule has 3 amide bonds. The number of carbonyl (C=O) groups excluding carboxylic acids is 3. The van der Waals surface area contributed by atoms with Crippen molar-refractivity contribution in [3.05, 3.63) is 65.7 Å². The molecule has 2 rings (SSSR count). The molecule has 0 saturated heterocycles. The fourth-order valence-electron chi connectivity index (χ4n) is 2.39. The van der Waals surface area contributed by atoms with Crippen molar-refractivity contribution in [2.45, 2.75) is 13.3 Å². The Morgan fingerprint density at radius 3 is 2.30 bits per heavy atom. The first-order chi connectivity index (χ1) is 13.1. The second-order valence-corrected chi connectivity index (χ2v) is 5.71. The van der Waals surface area contributed by atoms with Crippen LogP contribution in [0.4, 0.5) is 10.5 Å². The van der Waals surface area contributed by atoms with E-state index in [1.54, 1.807) is 6.92 Å². The largest absolute Gasteiger partial charge is 0.465 e. The van der Waals surface area contributed by atoms with Crippen molar-refractivity contribution in [1.29, 1.82) is 0 Å². The van der Waals surface area contributed by atoms with E-state index in [-0.39, 0.29) is 25.6 Å². The van der Waals surface area contributed by atoms with Gasteiger partial charge in [0.15, 0.2) is 0 Å². The molecule has 0 bridgehead atoms. The molecule has 0 spiro atoms. The Hall–Kier alpha value is -3.35. The van der Waals surface area contributed by atoms with Crippen LogP contribution in [-0.4, -0.2) is 37.6 Å². The number of nitrogens with one attached hydrogen (secondary N) is 3. The smallest absolute Gasteiger partial charge is 0.325 e. The summed E-state index contributed by atoms with van der Waals surface area (Å²) < 4.78 is 4.70. The van der Waals surface area contributed by atoms with Crippen molar-refractivity contribution < 1.29 is 19.1 Å². The number of carbonyl (C=O) groups is 3. The Labute approximate surface area is 158 Å². The van der Waals surface area contributed by atoms with E-state index in [0.29, 0.717) is 12.1 Å². The SMILES string of the molecule is CCOC(=O)CNC(=O)NCC(=O)Nc1ccccc1Cc1ccccc1. The van der Waals surface area contributed by atoms with E-state index in [2.05, 4.69) is 16.0 Å². The highest BCUT2D eigenvalue weighted by Gasteiger charge is 2.10. The zero-order valence-corrected chi connectivity index (χ0v) is 15.2. The van der Waals surface area contributed by atoms with Crippen LogP contribution in [0.2, 0.25) is 0 Å². The van der Waals surface area contributed by atoms with E-state index in [9.17, 15) is 14.4 Å². The molecule has 0 fully saturated rings. The lowest BCUT2D eigenvalue weighted by Crippen LogP contribution is -2.42. The van der Waals surface area contributed by atoms with Crippen LogP contribution in [0.25, 0.3) is 0 Å². The van der Waals surface area contributed by atoms with Gasteiger partial charge in [0, 0.05) is 5.69 Å². The molecule has 0 aliphatic carbocycles. The average Bonchev–Trinajstić information content (AvgIpc) is 2.67. The van der Waals surface area contributed by atoms with Crippen molar-refractivity contribution in [3.8, 4) is 0 Å². The molecule has 0 radical (unpaired) electrons. The van der Waals surface area contributed by atoms with E-state index < -0.39 is 12.0 Å². The van der Waals surface area contributed by atoms with Crippen molar-refractivity contribution in [3.63, 3.8) is 0 Å². The summed E-state index contributed by atoms with van der Waals surface area (Å²) in [7, 11) is 0. The standard InChI is InChI=1S/C20H23N3O4/c1-2-27-19(25)14-22-20(26)21-13-18(24)23-17-11-7-6-10-16(17)12-15-8-4-3-5-9-15/h3-11H,2,12-14H2,1H3,(H,23,24)(H2,21,22,26). The van der Waals surface area contributed by atoms with Crippen molar-refractivity contribution in [2.75, 3.05) is 25.0 Å². The monoisotopic (exact) mass is 369 g/mol. The molecule has 3 N–H and O–H groups in total. The predicted octanol–water partition coefficient (Wildman–Crippen LogP) is 2.08. The minimum absolute atomic E-state index is 0.214. The summed E-state index contributed by atoms with van der Waals surface area (Å²) in [5.41, 5.74) is 2.81. The lowest BCUT2D eigenvalue weighted by Gasteiger charge is -2.12. The van der Waals surface area contributed by atoms with Gasteiger partial charge in [0.25, 0.3) is 0 Å². The van der Waals surface area contributed by atoms with Gasteiger partial charge in [-0.1, -0.05) is 48.5 Å². The van der Waals surface area contributed by atoms with Gasteiger partial charge in [0.1, 0.15) is 6.54 Å². The zero-order chi connectivity index (χ0) is 19.5. The van der Waals surface area contributed by atoms with E-state index >= 15 is 0 Å². The number of hydrogen-bond acceptors (Lipinski definition) is 4. The summed E-state index contributed by atoms with van der Waals surface area (Å²) in [6, 6.07) is 16.8. The maximum Gasteiger partial charge on any atom is 0.325 e. The number of esters is 1. The van der Waals surface area contributed by atoms with Gasteiger partial charge in [-0.05, 0) is 30.5 Å². The van der Waals surface area contributed by atoms with Crippen LogP contribution in [-0.2, 0) is 20.7 Å². The van der Waals surface area contributed by atoms with Crippen LogP contribution in [0.15, 0.2) is 54.6 Å². The third-order valence-electron chi connectivity index (χ3n) is 3.64. The second-order valence-electron chi connectivity index (χ2n) is 5.71. The average molecular weight is 369 g/mol. The molecular weight excluding hydrogens is 346 g/mol. The van der Waals surface area contributed by atoms with Crippen LogP contribution in [0.3, 0.4) is 0 Å². The topological polar surface area (TPSA) is 96.5 Å². The third kappa shape index (κ3) is 7.19. The number of rotatable bonds is 8. The van der Waals surface area contributed by atoms with Gasteiger partial charge in [0.2, 0.25) is 5.91 Å². The molecule has 0 aromatic heterocycles. The van der Waals surface area contributed by atoms with Gasteiger partial charge in [0.05, 0.1) is 13.2 Å². The Bertz CT molecular complexity index is 778. The highest BCUT2D eigenvalue weighted by molar-refractivity contribution is 5.95. The van der Waals surface area contributed by atoms with Gasteiger partial charge in [-0.3, -0.25) is 9.59 Å². The Morgan fingerprint density at radius 2 is 1.56 bits per heavy atom. The molecule has 0 unspecified atom stereocenters. The summed E-state index contributed by atoms with van der Waals surface area (Å²) in [5.74, 6) is -0.895. The highest BCUT2D eigenvalue weighted by Crippen LogP contribution is 2.18. The van der Waals surface area contributed by atoms with Gasteiger partial charge < -0.3 is 20.7 Å². The molecule has 7 heteroatoms. The first-order valence-corrected chi connectivity index (χ1v) is 8.67. The molecule has 0 heterocycles. The highest BCUT2D eigenvalue weighted by atomic mass is 16.5. The molecule has 2 aromatic rings. The molecule has 0 aliphatic rings. The number of hydrogen-bond donors (Lipinski definition) is 3. The van der Waals surface area contributed by atoms with Crippen LogP contribution in [0, 0.1) is 0 Å². The minimum atomic E-state index is -0.615. The second kappa shape index (κ2) is 10.6. The van der Waals surface area contributed by atoms with Crippen LogP contribution in [0.1, 0.15) is 18.1 Å². The van der Waals surface area contributed by atoms with Gasteiger partial charge >= 0.3 is 12.0 Å². The predicted molar refractivity (Wildman–Crippen MR) is 102 cm³/mol. The molecule has 2 aromatic carbocycles. The van der Waals surface area contributed by atoms with E-state index in [1.807, 2.05) is 54.6 Å². The van der Waals surface area contributed by atoms with Crippen molar-refractivity contribution in [2.24, 2.45) is 0 Å². The number of para-hydroxylation sites is 1. The summed E-state index contributed by atoms with van der Waals surface area (Å²) in [6.45, 7) is 1.46. The van der Waals surface area contributed by atoms with Gasteiger partial charge in [-0.2, -0.15) is 0 Å². The number of amides is 3. The summed E-state index contributed by atoms with van der Waals surface area (Å²) in [6.07, 6.45) is 0.685. The molecular formula is C20H23N3O4. The Kier molecular flexibility index (Phi) is 7.84. The number of benzene rings is 2. The summed E-state index contributed by atoms with van der Waals surface area (Å²) >= 11 is 0. The van der Waals surface area contributed by atoms with Crippen molar-refractivity contribution in [1.82, 2.24) is 10.6 Å². The minimum Gasteiger partial charge on any atom is -0.465 e. The van der Waals surface area contributed by atoms with Crippen molar-refractivity contribution >= 4 is 23.6 Å². The summed E-state index contributed by atoms with van der Waals surface area (Å²) in [4.78, 5) is 34.9.